The lowest BCUT2D eigenvalue weighted by atomic mass is 9.94. The summed E-state index contributed by atoms with van der Waals surface area (Å²) < 4.78 is 13.5. The third kappa shape index (κ3) is 3.94. The Morgan fingerprint density at radius 1 is 1.30 bits per heavy atom. The van der Waals surface area contributed by atoms with Crippen LogP contribution in [0, 0.1) is 11.7 Å². The van der Waals surface area contributed by atoms with E-state index in [2.05, 4.69) is 9.97 Å². The highest BCUT2D eigenvalue weighted by atomic mass is 19.1. The zero-order chi connectivity index (χ0) is 18.8. The molecule has 2 N–H and O–H groups in total. The fourth-order valence-corrected chi connectivity index (χ4v) is 3.78. The van der Waals surface area contributed by atoms with E-state index in [1.165, 1.54) is 12.1 Å². The molecule has 2 aromatic carbocycles. The van der Waals surface area contributed by atoms with E-state index in [-0.39, 0.29) is 12.3 Å². The largest absolute Gasteiger partial charge is 0.505 e. The maximum Gasteiger partial charge on any atom is 0.227 e. The van der Waals surface area contributed by atoms with Crippen molar-refractivity contribution in [2.24, 2.45) is 5.92 Å². The third-order valence-corrected chi connectivity index (χ3v) is 5.16. The molecule has 2 heterocycles. The maximum atomic E-state index is 13.5. The molecule has 0 bridgehead atoms. The number of fused-ring (bicyclic) bond motifs is 1. The molecule has 27 heavy (non-hydrogen) atoms. The number of nitrogens with one attached hydrogen (secondary N) is 1. The molecule has 1 aromatic heterocycles. The van der Waals surface area contributed by atoms with Gasteiger partial charge in [0.2, 0.25) is 5.91 Å². The van der Waals surface area contributed by atoms with Crippen molar-refractivity contribution in [2.75, 3.05) is 13.1 Å². The number of carbonyl (C=O) groups is 1. The van der Waals surface area contributed by atoms with Crippen molar-refractivity contribution in [1.29, 1.82) is 0 Å². The van der Waals surface area contributed by atoms with Crippen molar-refractivity contribution in [3.05, 3.63) is 59.7 Å². The Kier molecular flexibility index (Phi) is 4.79. The number of carbonyl (C=O) groups excluding carboxylic acids is 1. The van der Waals surface area contributed by atoms with Gasteiger partial charge in [-0.05, 0) is 48.6 Å². The second-order valence-electron chi connectivity index (χ2n) is 7.22. The average molecular weight is 367 g/mol. The Bertz CT molecular complexity index is 936. The predicted octanol–water partition coefficient (Wildman–Crippen LogP) is 3.43. The van der Waals surface area contributed by atoms with Gasteiger partial charge in [0.25, 0.3) is 0 Å². The smallest absolute Gasteiger partial charge is 0.227 e. The van der Waals surface area contributed by atoms with Gasteiger partial charge in [-0.1, -0.05) is 18.2 Å². The van der Waals surface area contributed by atoms with E-state index in [0.29, 0.717) is 18.0 Å². The van der Waals surface area contributed by atoms with Crippen LogP contribution in [0.2, 0.25) is 0 Å². The summed E-state index contributed by atoms with van der Waals surface area (Å²) in [7, 11) is 0. The fourth-order valence-electron chi connectivity index (χ4n) is 3.78. The summed E-state index contributed by atoms with van der Waals surface area (Å²) in [4.78, 5) is 22.5. The van der Waals surface area contributed by atoms with Gasteiger partial charge in [0.05, 0.1) is 17.5 Å². The van der Waals surface area contributed by atoms with Gasteiger partial charge in [-0.15, -0.1) is 0 Å². The van der Waals surface area contributed by atoms with Crippen LogP contribution in [0.3, 0.4) is 0 Å². The summed E-state index contributed by atoms with van der Waals surface area (Å²) in [5, 5.41) is 9.27. The van der Waals surface area contributed by atoms with Crippen molar-refractivity contribution < 1.29 is 14.3 Å². The van der Waals surface area contributed by atoms with Crippen LogP contribution in [0.1, 0.15) is 24.2 Å². The molecule has 6 heteroatoms. The highest BCUT2D eigenvalue weighted by molar-refractivity contribution is 5.79. The first-order valence-electron chi connectivity index (χ1n) is 9.27. The first-order chi connectivity index (χ1) is 13.1. The summed E-state index contributed by atoms with van der Waals surface area (Å²) in [5.41, 5.74) is 2.57. The fraction of sp³-hybridized carbons (Fsp3) is 0.333. The highest BCUT2D eigenvalue weighted by Crippen LogP contribution is 2.23. The van der Waals surface area contributed by atoms with E-state index in [4.69, 9.17) is 0 Å². The molecule has 1 amide bonds. The minimum Gasteiger partial charge on any atom is -0.505 e. The van der Waals surface area contributed by atoms with Crippen LogP contribution in [0.4, 0.5) is 4.39 Å². The topological polar surface area (TPSA) is 69.2 Å². The molecule has 5 nitrogen and oxygen atoms in total. The zero-order valence-corrected chi connectivity index (χ0v) is 15.0. The minimum atomic E-state index is -0.693. The van der Waals surface area contributed by atoms with Gasteiger partial charge in [-0.3, -0.25) is 4.79 Å². The number of hydrogen-bond donors (Lipinski definition) is 2. The summed E-state index contributed by atoms with van der Waals surface area (Å²) in [5.74, 6) is 0.224. The number of H-pyrrole nitrogens is 1. The molecule has 3 aromatic rings. The van der Waals surface area contributed by atoms with Gasteiger partial charge in [0, 0.05) is 19.5 Å². The number of piperidine rings is 1. The van der Waals surface area contributed by atoms with Crippen molar-refractivity contribution in [3.63, 3.8) is 0 Å². The van der Waals surface area contributed by atoms with E-state index in [1.54, 1.807) is 6.07 Å². The monoisotopic (exact) mass is 367 g/mol. The van der Waals surface area contributed by atoms with E-state index in [0.717, 1.165) is 42.7 Å². The molecule has 1 aliphatic rings. The Labute approximate surface area is 156 Å². The molecular formula is C21H22FN3O2. The number of halogens is 1. The van der Waals surface area contributed by atoms with E-state index in [1.807, 2.05) is 29.2 Å². The summed E-state index contributed by atoms with van der Waals surface area (Å²) in [6, 6.07) is 12.1. The lowest BCUT2D eigenvalue weighted by Gasteiger charge is -2.32. The molecule has 1 unspecified atom stereocenters. The van der Waals surface area contributed by atoms with Crippen molar-refractivity contribution >= 4 is 16.9 Å². The Morgan fingerprint density at radius 3 is 2.96 bits per heavy atom. The molecule has 140 valence electrons. The van der Waals surface area contributed by atoms with Crippen LogP contribution in [0.25, 0.3) is 11.0 Å². The highest BCUT2D eigenvalue weighted by Gasteiger charge is 2.25. The first-order valence-corrected chi connectivity index (χ1v) is 9.27. The van der Waals surface area contributed by atoms with Gasteiger partial charge in [0.15, 0.2) is 11.6 Å². The number of hydrogen-bond acceptors (Lipinski definition) is 3. The molecule has 4 rings (SSSR count). The van der Waals surface area contributed by atoms with Crippen molar-refractivity contribution in [1.82, 2.24) is 14.9 Å². The average Bonchev–Trinajstić information content (AvgIpc) is 3.07. The Balaban J connectivity index is 1.39. The number of aromatic hydroxyl groups is 1. The molecule has 1 aliphatic heterocycles. The van der Waals surface area contributed by atoms with Crippen LogP contribution in [0.15, 0.2) is 42.5 Å². The summed E-state index contributed by atoms with van der Waals surface area (Å²) >= 11 is 0. The number of benzene rings is 2. The number of rotatable bonds is 4. The molecular weight excluding hydrogens is 345 g/mol. The van der Waals surface area contributed by atoms with Gasteiger partial charge in [-0.2, -0.15) is 0 Å². The predicted molar refractivity (Wildman–Crippen MR) is 101 cm³/mol. The second kappa shape index (κ2) is 7.39. The van der Waals surface area contributed by atoms with E-state index in [9.17, 15) is 14.3 Å². The zero-order valence-electron chi connectivity index (χ0n) is 15.0. The number of phenolic OH excluding ortho intramolecular Hbond substituents is 1. The molecule has 1 fully saturated rings. The van der Waals surface area contributed by atoms with E-state index < -0.39 is 11.6 Å². The number of para-hydroxylation sites is 2. The van der Waals surface area contributed by atoms with Gasteiger partial charge < -0.3 is 15.0 Å². The van der Waals surface area contributed by atoms with Crippen LogP contribution in [-0.4, -0.2) is 39.0 Å². The van der Waals surface area contributed by atoms with Crippen LogP contribution >= 0.6 is 0 Å². The SMILES string of the molecule is O=C(Cc1ccc(O)c(F)c1)N1CCCC(Cc2nc3ccccc3[nH]2)C1. The molecule has 0 spiro atoms. The number of imidazole rings is 1. The van der Waals surface area contributed by atoms with Gasteiger partial charge >= 0.3 is 0 Å². The Hall–Kier alpha value is -2.89. The Morgan fingerprint density at radius 2 is 2.15 bits per heavy atom. The maximum absolute atomic E-state index is 13.5. The normalized spacial score (nSPS) is 17.4. The van der Waals surface area contributed by atoms with Crippen LogP contribution in [0.5, 0.6) is 5.75 Å². The first kappa shape index (κ1) is 17.5. The molecule has 0 radical (unpaired) electrons. The lowest BCUT2D eigenvalue weighted by Crippen LogP contribution is -2.41. The van der Waals surface area contributed by atoms with Gasteiger partial charge in [0.1, 0.15) is 5.82 Å². The van der Waals surface area contributed by atoms with Gasteiger partial charge in [-0.25, -0.2) is 9.37 Å². The third-order valence-electron chi connectivity index (χ3n) is 5.16. The van der Waals surface area contributed by atoms with Crippen molar-refractivity contribution in [2.45, 2.75) is 25.7 Å². The lowest BCUT2D eigenvalue weighted by molar-refractivity contribution is -0.132. The second-order valence-corrected chi connectivity index (χ2v) is 7.22. The van der Waals surface area contributed by atoms with Crippen molar-refractivity contribution in [3.8, 4) is 5.75 Å². The van der Waals surface area contributed by atoms with Crippen LogP contribution < -0.4 is 0 Å². The standard InChI is InChI=1S/C21H22FN3O2/c22-16-10-14(7-8-19(16)26)12-21(27)25-9-3-4-15(13-25)11-20-23-17-5-1-2-6-18(17)24-20/h1-2,5-8,10,15,26H,3-4,9,11-13H2,(H,23,24). The quantitative estimate of drug-likeness (QED) is 0.742. The number of nitrogens with zero attached hydrogens (tertiary/aromatic N) is 2. The number of aromatic nitrogens is 2. The van der Waals surface area contributed by atoms with E-state index >= 15 is 0 Å². The molecule has 1 saturated heterocycles. The molecule has 1 atom stereocenters. The number of amides is 1. The number of phenols is 1. The summed E-state index contributed by atoms with van der Waals surface area (Å²) in [6.45, 7) is 1.42. The minimum absolute atomic E-state index is 0.00519. The number of likely N-dealkylation sites (tertiary alicyclic amines) is 1. The molecule has 0 saturated carbocycles. The van der Waals surface area contributed by atoms with Crippen LogP contribution in [-0.2, 0) is 17.6 Å². The molecule has 0 aliphatic carbocycles. The number of aromatic amines is 1. The summed E-state index contributed by atoms with van der Waals surface area (Å²) in [6.07, 6.45) is 2.98.